The van der Waals surface area contributed by atoms with Gasteiger partial charge in [-0.05, 0) is 22.3 Å². The van der Waals surface area contributed by atoms with E-state index in [9.17, 15) is 14.4 Å². The Balaban J connectivity index is 1.39. The molecule has 4 rings (SSSR count). The quantitative estimate of drug-likeness (QED) is 0.524. The van der Waals surface area contributed by atoms with E-state index in [4.69, 9.17) is 9.84 Å². The molecule has 2 amide bonds. The van der Waals surface area contributed by atoms with Gasteiger partial charge in [-0.2, -0.15) is 5.10 Å². The Kier molecular flexibility index (Phi) is 5.89. The van der Waals surface area contributed by atoms with E-state index < -0.39 is 24.5 Å². The van der Waals surface area contributed by atoms with E-state index in [1.807, 2.05) is 36.4 Å². The Hall–Kier alpha value is -4.14. The summed E-state index contributed by atoms with van der Waals surface area (Å²) in [6.45, 7) is -0.326. The Morgan fingerprint density at radius 2 is 1.66 bits per heavy atom. The predicted octanol–water partition coefficient (Wildman–Crippen LogP) is 2.27. The van der Waals surface area contributed by atoms with Crippen LogP contribution in [0.4, 0.5) is 4.79 Å². The zero-order valence-corrected chi connectivity index (χ0v) is 17.4. The van der Waals surface area contributed by atoms with Crippen molar-refractivity contribution in [3.63, 3.8) is 0 Å². The number of aryl methyl sites for hydroxylation is 1. The predicted molar refractivity (Wildman–Crippen MR) is 115 cm³/mol. The Morgan fingerprint density at radius 3 is 2.28 bits per heavy atom. The zero-order valence-electron chi connectivity index (χ0n) is 17.4. The fourth-order valence-corrected chi connectivity index (χ4v) is 3.92. The molecule has 0 unspecified atom stereocenters. The largest absolute Gasteiger partial charge is 0.480 e. The SMILES string of the molecule is Cn1ncc(C(=O)NCC(=O)O)c1CNC(=O)OCC1c2ccccc2-c2ccccc21. The van der Waals surface area contributed by atoms with Crippen molar-refractivity contribution in [2.45, 2.75) is 12.5 Å². The van der Waals surface area contributed by atoms with E-state index in [1.54, 1.807) is 7.05 Å². The van der Waals surface area contributed by atoms with Crippen molar-refractivity contribution < 1.29 is 24.2 Å². The number of rotatable bonds is 7. The second kappa shape index (κ2) is 8.93. The van der Waals surface area contributed by atoms with Crippen LogP contribution in [0.2, 0.25) is 0 Å². The molecule has 0 radical (unpaired) electrons. The van der Waals surface area contributed by atoms with Gasteiger partial charge in [0.15, 0.2) is 0 Å². The summed E-state index contributed by atoms with van der Waals surface area (Å²) in [6.07, 6.45) is 0.705. The molecule has 3 N–H and O–H groups in total. The normalized spacial score (nSPS) is 12.0. The highest BCUT2D eigenvalue weighted by molar-refractivity contribution is 5.96. The molecule has 32 heavy (non-hydrogen) atoms. The Bertz CT molecular complexity index is 1140. The van der Waals surface area contributed by atoms with Crippen LogP contribution in [-0.2, 0) is 23.1 Å². The van der Waals surface area contributed by atoms with Crippen molar-refractivity contribution in [1.29, 1.82) is 0 Å². The van der Waals surface area contributed by atoms with Crippen LogP contribution in [0.25, 0.3) is 11.1 Å². The van der Waals surface area contributed by atoms with Crippen molar-refractivity contribution in [2.75, 3.05) is 13.2 Å². The third-order valence-electron chi connectivity index (χ3n) is 5.45. The van der Waals surface area contributed by atoms with E-state index in [0.717, 1.165) is 22.3 Å². The van der Waals surface area contributed by atoms with Crippen LogP contribution in [0, 0.1) is 0 Å². The molecule has 2 aromatic carbocycles. The van der Waals surface area contributed by atoms with Crippen LogP contribution < -0.4 is 10.6 Å². The van der Waals surface area contributed by atoms with Gasteiger partial charge in [0, 0.05) is 13.0 Å². The molecule has 0 aliphatic heterocycles. The standard InChI is InChI=1S/C23H22N4O5/c1-27-20(18(10-26-27)22(30)24-12-21(28)29)11-25-23(31)32-13-19-16-8-4-2-6-14(16)15-7-3-5-9-17(15)19/h2-10,19H,11-13H2,1H3,(H,24,30)(H,25,31)(H,28,29). The number of carbonyl (C=O) groups excluding carboxylic acids is 2. The molecule has 1 aliphatic carbocycles. The number of fused-ring (bicyclic) bond motifs is 3. The smallest absolute Gasteiger partial charge is 0.407 e. The van der Waals surface area contributed by atoms with Gasteiger partial charge in [0.05, 0.1) is 24.0 Å². The lowest BCUT2D eigenvalue weighted by molar-refractivity contribution is -0.135. The molecule has 9 heteroatoms. The van der Waals surface area contributed by atoms with Gasteiger partial charge in [0.1, 0.15) is 13.2 Å². The van der Waals surface area contributed by atoms with Crippen LogP contribution in [0.15, 0.2) is 54.7 Å². The van der Waals surface area contributed by atoms with Gasteiger partial charge in [-0.3, -0.25) is 14.3 Å². The molecule has 9 nitrogen and oxygen atoms in total. The van der Waals surface area contributed by atoms with E-state index in [2.05, 4.69) is 27.9 Å². The number of alkyl carbamates (subject to hydrolysis) is 1. The maximum absolute atomic E-state index is 12.4. The molecule has 164 valence electrons. The lowest BCUT2D eigenvalue weighted by atomic mass is 9.98. The summed E-state index contributed by atoms with van der Waals surface area (Å²) in [7, 11) is 1.63. The maximum Gasteiger partial charge on any atom is 0.407 e. The Morgan fingerprint density at radius 1 is 1.03 bits per heavy atom. The lowest BCUT2D eigenvalue weighted by Gasteiger charge is -2.15. The average Bonchev–Trinajstić information content (AvgIpc) is 3.32. The van der Waals surface area contributed by atoms with Crippen LogP contribution in [0.1, 0.15) is 33.1 Å². The molecule has 0 atom stereocenters. The molecule has 3 aromatic rings. The van der Waals surface area contributed by atoms with Gasteiger partial charge >= 0.3 is 12.1 Å². The highest BCUT2D eigenvalue weighted by Gasteiger charge is 2.29. The first-order valence-electron chi connectivity index (χ1n) is 10.1. The first-order valence-corrected chi connectivity index (χ1v) is 10.1. The van der Waals surface area contributed by atoms with E-state index in [1.165, 1.54) is 10.9 Å². The minimum atomic E-state index is -1.15. The second-order valence-electron chi connectivity index (χ2n) is 7.38. The van der Waals surface area contributed by atoms with Gasteiger partial charge in [-0.1, -0.05) is 48.5 Å². The van der Waals surface area contributed by atoms with Gasteiger partial charge in [-0.15, -0.1) is 0 Å². The lowest BCUT2D eigenvalue weighted by Crippen LogP contribution is -2.31. The number of aliphatic carboxylic acids is 1. The number of ether oxygens (including phenoxy) is 1. The fourth-order valence-electron chi connectivity index (χ4n) is 3.92. The van der Waals surface area contributed by atoms with Crippen molar-refractivity contribution in [1.82, 2.24) is 20.4 Å². The van der Waals surface area contributed by atoms with Gasteiger partial charge in [-0.25, -0.2) is 4.79 Å². The summed E-state index contributed by atoms with van der Waals surface area (Å²) in [5, 5.41) is 17.7. The number of carbonyl (C=O) groups is 3. The summed E-state index contributed by atoms with van der Waals surface area (Å²) in [6, 6.07) is 16.1. The minimum absolute atomic E-state index is 0.00297. The fraction of sp³-hybridized carbons (Fsp3) is 0.217. The molecule has 0 fully saturated rings. The van der Waals surface area contributed by atoms with E-state index in [0.29, 0.717) is 5.69 Å². The average molecular weight is 434 g/mol. The summed E-state index contributed by atoms with van der Waals surface area (Å²) in [4.78, 5) is 35.2. The topological polar surface area (TPSA) is 123 Å². The van der Waals surface area contributed by atoms with Crippen molar-refractivity contribution >= 4 is 18.0 Å². The van der Waals surface area contributed by atoms with Crippen LogP contribution in [0.3, 0.4) is 0 Å². The second-order valence-corrected chi connectivity index (χ2v) is 7.38. The number of hydrogen-bond donors (Lipinski definition) is 3. The number of aromatic nitrogens is 2. The Labute approximate surface area is 184 Å². The minimum Gasteiger partial charge on any atom is -0.480 e. The monoisotopic (exact) mass is 434 g/mol. The number of amides is 2. The maximum atomic E-state index is 12.4. The van der Waals surface area contributed by atoms with Crippen LogP contribution in [-0.4, -0.2) is 46.0 Å². The molecule has 1 aromatic heterocycles. The van der Waals surface area contributed by atoms with Crippen molar-refractivity contribution in [3.8, 4) is 11.1 Å². The van der Waals surface area contributed by atoms with E-state index in [-0.39, 0.29) is 24.6 Å². The highest BCUT2D eigenvalue weighted by atomic mass is 16.5. The third-order valence-corrected chi connectivity index (χ3v) is 5.45. The number of nitrogens with zero attached hydrogens (tertiary/aromatic N) is 2. The van der Waals surface area contributed by atoms with Crippen molar-refractivity contribution in [3.05, 3.63) is 77.1 Å². The molecule has 1 aliphatic rings. The number of carboxylic acids is 1. The summed E-state index contributed by atoms with van der Waals surface area (Å²) in [5.74, 6) is -1.78. The highest BCUT2D eigenvalue weighted by Crippen LogP contribution is 2.44. The number of nitrogens with one attached hydrogen (secondary N) is 2. The molecule has 0 saturated carbocycles. The van der Waals surface area contributed by atoms with Gasteiger partial charge in [0.25, 0.3) is 5.91 Å². The number of hydrogen-bond acceptors (Lipinski definition) is 5. The third kappa shape index (κ3) is 4.18. The van der Waals surface area contributed by atoms with Crippen LogP contribution >= 0.6 is 0 Å². The van der Waals surface area contributed by atoms with Crippen molar-refractivity contribution in [2.24, 2.45) is 7.05 Å². The summed E-state index contributed by atoms with van der Waals surface area (Å²) >= 11 is 0. The zero-order chi connectivity index (χ0) is 22.7. The summed E-state index contributed by atoms with van der Waals surface area (Å²) in [5.41, 5.74) is 5.14. The van der Waals surface area contributed by atoms with Gasteiger partial charge in [0.2, 0.25) is 0 Å². The molecular formula is C23H22N4O5. The molecule has 1 heterocycles. The van der Waals surface area contributed by atoms with E-state index >= 15 is 0 Å². The number of carboxylic acid groups (broad SMARTS) is 1. The first kappa shape index (κ1) is 21.1. The summed E-state index contributed by atoms with van der Waals surface area (Å²) < 4.78 is 6.94. The van der Waals surface area contributed by atoms with Crippen LogP contribution in [0.5, 0.6) is 0 Å². The molecular weight excluding hydrogens is 412 g/mol. The number of benzene rings is 2. The first-order chi connectivity index (χ1) is 15.5. The van der Waals surface area contributed by atoms with Gasteiger partial charge < -0.3 is 20.5 Å². The molecule has 0 spiro atoms. The molecule has 0 saturated heterocycles. The molecule has 0 bridgehead atoms.